The monoisotopic (exact) mass is 211 g/mol. The Morgan fingerprint density at radius 2 is 1.27 bits per heavy atom. The molecule has 0 atom stereocenters. The van der Waals surface area contributed by atoms with Crippen LogP contribution < -0.4 is 0 Å². The molecule has 0 aliphatic heterocycles. The van der Waals surface area contributed by atoms with E-state index in [1.54, 1.807) is 7.11 Å². The van der Waals surface area contributed by atoms with Gasteiger partial charge in [-0.05, 0) is 12.8 Å². The van der Waals surface area contributed by atoms with Crippen LogP contribution in [0.2, 0.25) is 0 Å². The quantitative estimate of drug-likeness (QED) is 0.483. The van der Waals surface area contributed by atoms with Crippen LogP contribution in [0.25, 0.3) is 0 Å². The molecule has 15 heavy (non-hydrogen) atoms. The second kappa shape index (κ2) is 13.4. The van der Waals surface area contributed by atoms with Crippen LogP contribution in [0.3, 0.4) is 0 Å². The Balaban J connectivity index is 2.84. The predicted molar refractivity (Wildman–Crippen MR) is 63.7 cm³/mol. The molecule has 0 spiro atoms. The van der Waals surface area contributed by atoms with Crippen LogP contribution in [-0.2, 0) is 4.74 Å². The molecule has 2 heteroatoms. The van der Waals surface area contributed by atoms with Crippen molar-refractivity contribution in [3.8, 4) is 6.07 Å². The van der Waals surface area contributed by atoms with Gasteiger partial charge in [0.05, 0.1) is 6.07 Å². The van der Waals surface area contributed by atoms with E-state index >= 15 is 0 Å². The SMILES string of the molecule is COCCCCCCCCCCCC#N. The maximum Gasteiger partial charge on any atom is 0.0621 e. The number of methoxy groups -OCH3 is 1. The zero-order chi connectivity index (χ0) is 11.2. The highest BCUT2D eigenvalue weighted by Crippen LogP contribution is 2.10. The van der Waals surface area contributed by atoms with E-state index in [2.05, 4.69) is 6.07 Å². The number of unbranched alkanes of at least 4 members (excludes halogenated alkanes) is 9. The Kier molecular flexibility index (Phi) is 13.0. The topological polar surface area (TPSA) is 33.0 Å². The molecule has 0 heterocycles. The minimum atomic E-state index is 0.733. The summed E-state index contributed by atoms with van der Waals surface area (Å²) in [6.45, 7) is 0.911. The van der Waals surface area contributed by atoms with Crippen molar-refractivity contribution in [2.75, 3.05) is 13.7 Å². The van der Waals surface area contributed by atoms with Crippen LogP contribution in [0.5, 0.6) is 0 Å². The van der Waals surface area contributed by atoms with Crippen molar-refractivity contribution < 1.29 is 4.74 Å². The van der Waals surface area contributed by atoms with Crippen LogP contribution >= 0.6 is 0 Å². The van der Waals surface area contributed by atoms with E-state index in [0.717, 1.165) is 19.4 Å². The molecular weight excluding hydrogens is 186 g/mol. The molecule has 88 valence electrons. The summed E-state index contributed by atoms with van der Waals surface area (Å²) in [6.07, 6.45) is 12.3. The molecule has 0 radical (unpaired) electrons. The molecule has 0 fully saturated rings. The van der Waals surface area contributed by atoms with Gasteiger partial charge in [0.15, 0.2) is 0 Å². The van der Waals surface area contributed by atoms with Gasteiger partial charge in [-0.2, -0.15) is 5.26 Å². The van der Waals surface area contributed by atoms with Crippen molar-refractivity contribution in [1.82, 2.24) is 0 Å². The van der Waals surface area contributed by atoms with Crippen molar-refractivity contribution in [3.63, 3.8) is 0 Å². The Morgan fingerprint density at radius 3 is 1.73 bits per heavy atom. The molecule has 0 rings (SSSR count). The van der Waals surface area contributed by atoms with Crippen LogP contribution in [0.4, 0.5) is 0 Å². The van der Waals surface area contributed by atoms with E-state index in [4.69, 9.17) is 10.00 Å². The zero-order valence-electron chi connectivity index (χ0n) is 10.1. The highest BCUT2D eigenvalue weighted by Gasteiger charge is 1.92. The highest BCUT2D eigenvalue weighted by molar-refractivity contribution is 4.67. The maximum absolute atomic E-state index is 8.35. The van der Waals surface area contributed by atoms with Gasteiger partial charge in [0, 0.05) is 20.1 Å². The van der Waals surface area contributed by atoms with Crippen molar-refractivity contribution in [3.05, 3.63) is 0 Å². The van der Waals surface area contributed by atoms with E-state index in [1.807, 2.05) is 0 Å². The average Bonchev–Trinajstić information content (AvgIpc) is 2.26. The van der Waals surface area contributed by atoms with E-state index in [0.29, 0.717) is 0 Å². The third-order valence-electron chi connectivity index (χ3n) is 2.64. The minimum Gasteiger partial charge on any atom is -0.385 e. The first-order valence-electron chi connectivity index (χ1n) is 6.27. The number of hydrogen-bond acceptors (Lipinski definition) is 2. The summed E-state index contributed by atoms with van der Waals surface area (Å²) in [5.74, 6) is 0. The first-order valence-corrected chi connectivity index (χ1v) is 6.27. The van der Waals surface area contributed by atoms with E-state index < -0.39 is 0 Å². The molecule has 0 aromatic heterocycles. The Bertz CT molecular complexity index is 151. The van der Waals surface area contributed by atoms with E-state index in [-0.39, 0.29) is 0 Å². The predicted octanol–water partition coefficient (Wildman–Crippen LogP) is 4.06. The first-order chi connectivity index (χ1) is 7.41. The molecule has 0 bridgehead atoms. The smallest absolute Gasteiger partial charge is 0.0621 e. The normalized spacial score (nSPS) is 10.1. The van der Waals surface area contributed by atoms with Crippen molar-refractivity contribution >= 4 is 0 Å². The van der Waals surface area contributed by atoms with Crippen molar-refractivity contribution in [1.29, 1.82) is 5.26 Å². The Labute approximate surface area is 94.6 Å². The molecule has 0 saturated carbocycles. The summed E-state index contributed by atoms with van der Waals surface area (Å²) in [5, 5.41) is 8.35. The van der Waals surface area contributed by atoms with Gasteiger partial charge in [0.2, 0.25) is 0 Å². The average molecular weight is 211 g/mol. The second-order valence-corrected chi connectivity index (χ2v) is 4.08. The van der Waals surface area contributed by atoms with Crippen LogP contribution in [-0.4, -0.2) is 13.7 Å². The summed E-state index contributed by atoms with van der Waals surface area (Å²) < 4.78 is 5.00. The second-order valence-electron chi connectivity index (χ2n) is 4.08. The van der Waals surface area contributed by atoms with Crippen molar-refractivity contribution in [2.24, 2.45) is 0 Å². The fourth-order valence-corrected chi connectivity index (χ4v) is 1.69. The molecule has 0 aliphatic carbocycles. The third kappa shape index (κ3) is 13.4. The third-order valence-corrected chi connectivity index (χ3v) is 2.64. The maximum atomic E-state index is 8.35. The molecule has 0 aromatic rings. The zero-order valence-corrected chi connectivity index (χ0v) is 10.1. The summed E-state index contributed by atoms with van der Waals surface area (Å²) in [5.41, 5.74) is 0. The lowest BCUT2D eigenvalue weighted by Gasteiger charge is -2.01. The fourth-order valence-electron chi connectivity index (χ4n) is 1.69. The van der Waals surface area contributed by atoms with Crippen molar-refractivity contribution in [2.45, 2.75) is 64.2 Å². The molecule has 0 aromatic carbocycles. The molecule has 0 saturated heterocycles. The first kappa shape index (κ1) is 14.5. The van der Waals surface area contributed by atoms with Gasteiger partial charge in [-0.25, -0.2) is 0 Å². The molecule has 2 nitrogen and oxygen atoms in total. The van der Waals surface area contributed by atoms with Crippen LogP contribution in [0.1, 0.15) is 64.2 Å². The van der Waals surface area contributed by atoms with Gasteiger partial charge in [0.25, 0.3) is 0 Å². The van der Waals surface area contributed by atoms with Gasteiger partial charge in [-0.1, -0.05) is 44.9 Å². The lowest BCUT2D eigenvalue weighted by molar-refractivity contribution is 0.192. The summed E-state index contributed by atoms with van der Waals surface area (Å²) in [7, 11) is 1.77. The number of nitriles is 1. The summed E-state index contributed by atoms with van der Waals surface area (Å²) in [6, 6.07) is 2.19. The molecular formula is C13H25NO. The van der Waals surface area contributed by atoms with Gasteiger partial charge < -0.3 is 4.74 Å². The number of rotatable bonds is 11. The number of hydrogen-bond donors (Lipinski definition) is 0. The largest absolute Gasteiger partial charge is 0.385 e. The molecule has 0 N–H and O–H groups in total. The van der Waals surface area contributed by atoms with E-state index in [1.165, 1.54) is 51.4 Å². The molecule has 0 unspecified atom stereocenters. The standard InChI is InChI=1S/C13H25NO/c1-15-13-11-9-7-5-3-2-4-6-8-10-12-14/h2-11,13H2,1H3. The minimum absolute atomic E-state index is 0.733. The van der Waals surface area contributed by atoms with Crippen LogP contribution in [0.15, 0.2) is 0 Å². The summed E-state index contributed by atoms with van der Waals surface area (Å²) in [4.78, 5) is 0. The van der Waals surface area contributed by atoms with Gasteiger partial charge >= 0.3 is 0 Å². The Hall–Kier alpha value is -0.550. The fraction of sp³-hybridized carbons (Fsp3) is 0.923. The number of ether oxygens (including phenoxy) is 1. The highest BCUT2D eigenvalue weighted by atomic mass is 16.5. The Morgan fingerprint density at radius 1 is 0.800 bits per heavy atom. The van der Waals surface area contributed by atoms with E-state index in [9.17, 15) is 0 Å². The van der Waals surface area contributed by atoms with Gasteiger partial charge in [-0.3, -0.25) is 0 Å². The van der Waals surface area contributed by atoms with Gasteiger partial charge in [-0.15, -0.1) is 0 Å². The molecule has 0 aliphatic rings. The summed E-state index contributed by atoms with van der Waals surface area (Å²) >= 11 is 0. The van der Waals surface area contributed by atoms with Gasteiger partial charge in [0.1, 0.15) is 0 Å². The lowest BCUT2D eigenvalue weighted by Crippen LogP contribution is -1.88. The number of nitrogens with zero attached hydrogens (tertiary/aromatic N) is 1. The molecule has 0 amide bonds. The van der Waals surface area contributed by atoms with Crippen LogP contribution in [0, 0.1) is 11.3 Å². The lowest BCUT2D eigenvalue weighted by atomic mass is 10.1.